The highest BCUT2D eigenvalue weighted by atomic mass is 32.1. The van der Waals surface area contributed by atoms with Gasteiger partial charge >= 0.3 is 0 Å². The lowest BCUT2D eigenvalue weighted by atomic mass is 9.97. The van der Waals surface area contributed by atoms with Gasteiger partial charge in [0.05, 0.1) is 10.7 Å². The van der Waals surface area contributed by atoms with Crippen molar-refractivity contribution in [1.29, 1.82) is 0 Å². The molecule has 5 rings (SSSR count). The summed E-state index contributed by atoms with van der Waals surface area (Å²) in [5.74, 6) is 0.932. The lowest BCUT2D eigenvalue weighted by Crippen LogP contribution is -2.37. The highest BCUT2D eigenvalue weighted by molar-refractivity contribution is 7.10. The Balaban J connectivity index is 1.21. The molecule has 2 amide bonds. The van der Waals surface area contributed by atoms with Crippen LogP contribution in [-0.4, -0.2) is 44.6 Å². The van der Waals surface area contributed by atoms with Gasteiger partial charge in [0.15, 0.2) is 5.76 Å². The molecule has 0 saturated carbocycles. The summed E-state index contributed by atoms with van der Waals surface area (Å²) in [5.41, 5.74) is 1.97. The van der Waals surface area contributed by atoms with E-state index in [9.17, 15) is 9.59 Å². The number of hydrogen-bond acceptors (Lipinski definition) is 6. The number of furan rings is 1. The Hall–Kier alpha value is -3.46. The predicted molar refractivity (Wildman–Crippen MR) is 122 cm³/mol. The van der Waals surface area contributed by atoms with E-state index in [4.69, 9.17) is 4.42 Å². The van der Waals surface area contributed by atoms with Crippen LogP contribution in [-0.2, 0) is 7.05 Å². The smallest absolute Gasteiger partial charge is 0.289 e. The summed E-state index contributed by atoms with van der Waals surface area (Å²) >= 11 is 1.50. The van der Waals surface area contributed by atoms with Gasteiger partial charge in [-0.25, -0.2) is 4.98 Å². The second kappa shape index (κ2) is 8.23. The van der Waals surface area contributed by atoms with Crippen molar-refractivity contribution in [3.63, 3.8) is 0 Å². The van der Waals surface area contributed by atoms with E-state index in [2.05, 4.69) is 15.4 Å². The first-order chi connectivity index (χ1) is 15.5. The van der Waals surface area contributed by atoms with Gasteiger partial charge in [-0.1, -0.05) is 18.2 Å². The SMILES string of the molecule is Cc1cc(NC(=O)c2csc(C3CCN(C(=O)c4cc5ccccc5o4)CC3)n2)n(C)n1. The normalized spacial score (nSPS) is 14.8. The molecule has 0 spiro atoms. The van der Waals surface area contributed by atoms with Crippen molar-refractivity contribution >= 4 is 39.9 Å². The second-order valence-corrected chi connectivity index (χ2v) is 8.92. The number of aromatic nitrogens is 3. The fourth-order valence-electron chi connectivity index (χ4n) is 4.06. The number of aryl methyl sites for hydroxylation is 2. The first-order valence-electron chi connectivity index (χ1n) is 10.5. The molecule has 1 aromatic carbocycles. The van der Waals surface area contributed by atoms with Crippen LogP contribution in [0.2, 0.25) is 0 Å². The number of carbonyl (C=O) groups is 2. The van der Waals surface area contributed by atoms with Crippen LogP contribution in [0.4, 0.5) is 5.82 Å². The van der Waals surface area contributed by atoms with Crippen LogP contribution in [0.3, 0.4) is 0 Å². The molecule has 0 atom stereocenters. The van der Waals surface area contributed by atoms with E-state index in [1.54, 1.807) is 23.2 Å². The molecule has 1 saturated heterocycles. The van der Waals surface area contributed by atoms with Crippen LogP contribution in [0.5, 0.6) is 0 Å². The van der Waals surface area contributed by atoms with E-state index in [0.717, 1.165) is 34.5 Å². The maximum atomic E-state index is 12.9. The van der Waals surface area contributed by atoms with Crippen molar-refractivity contribution in [2.24, 2.45) is 7.05 Å². The van der Waals surface area contributed by atoms with Gasteiger partial charge < -0.3 is 14.6 Å². The molecular formula is C23H23N5O3S. The largest absolute Gasteiger partial charge is 0.451 e. The molecule has 9 heteroatoms. The summed E-state index contributed by atoms with van der Waals surface area (Å²) in [6, 6.07) is 11.3. The molecule has 32 heavy (non-hydrogen) atoms. The quantitative estimate of drug-likeness (QED) is 0.504. The van der Waals surface area contributed by atoms with E-state index < -0.39 is 0 Å². The summed E-state index contributed by atoms with van der Waals surface area (Å²) in [5, 5.41) is 10.8. The minimum absolute atomic E-state index is 0.0784. The number of thiazole rings is 1. The third-order valence-electron chi connectivity index (χ3n) is 5.77. The number of likely N-dealkylation sites (tertiary alicyclic amines) is 1. The summed E-state index contributed by atoms with van der Waals surface area (Å²) in [6.07, 6.45) is 1.61. The van der Waals surface area contributed by atoms with Gasteiger partial charge in [0.1, 0.15) is 17.1 Å². The Morgan fingerprint density at radius 3 is 2.69 bits per heavy atom. The van der Waals surface area contributed by atoms with Gasteiger partial charge in [0.25, 0.3) is 11.8 Å². The molecule has 8 nitrogen and oxygen atoms in total. The number of anilines is 1. The van der Waals surface area contributed by atoms with Crippen molar-refractivity contribution in [1.82, 2.24) is 19.7 Å². The number of para-hydroxylation sites is 1. The average molecular weight is 450 g/mol. The van der Waals surface area contributed by atoms with Crippen LogP contribution >= 0.6 is 11.3 Å². The monoisotopic (exact) mass is 449 g/mol. The molecule has 0 bridgehead atoms. The van der Waals surface area contributed by atoms with Gasteiger partial charge in [-0.2, -0.15) is 5.10 Å². The van der Waals surface area contributed by atoms with Crippen LogP contribution in [0, 0.1) is 6.92 Å². The highest BCUT2D eigenvalue weighted by Crippen LogP contribution is 2.31. The Morgan fingerprint density at radius 1 is 1.19 bits per heavy atom. The van der Waals surface area contributed by atoms with Crippen molar-refractivity contribution in [3.05, 3.63) is 63.9 Å². The van der Waals surface area contributed by atoms with Crippen LogP contribution in [0.1, 0.15) is 50.5 Å². The van der Waals surface area contributed by atoms with E-state index >= 15 is 0 Å². The predicted octanol–water partition coefficient (Wildman–Crippen LogP) is 4.20. The van der Waals surface area contributed by atoms with Crippen molar-refractivity contribution in [2.45, 2.75) is 25.7 Å². The first kappa shape index (κ1) is 20.4. The Bertz CT molecular complexity index is 1260. The van der Waals surface area contributed by atoms with Crippen LogP contribution < -0.4 is 5.32 Å². The average Bonchev–Trinajstić information content (AvgIpc) is 3.52. The van der Waals surface area contributed by atoms with E-state index in [1.807, 2.05) is 42.2 Å². The molecule has 0 aliphatic carbocycles. The minimum atomic E-state index is -0.243. The van der Waals surface area contributed by atoms with Gasteiger partial charge in [0.2, 0.25) is 0 Å². The zero-order valence-corrected chi connectivity index (χ0v) is 18.7. The number of benzene rings is 1. The van der Waals surface area contributed by atoms with Gasteiger partial charge in [-0.05, 0) is 31.9 Å². The zero-order chi connectivity index (χ0) is 22.2. The van der Waals surface area contributed by atoms with Crippen molar-refractivity contribution < 1.29 is 14.0 Å². The number of nitrogens with zero attached hydrogens (tertiary/aromatic N) is 4. The number of nitrogens with one attached hydrogen (secondary N) is 1. The van der Waals surface area contributed by atoms with Crippen molar-refractivity contribution in [3.8, 4) is 0 Å². The number of amides is 2. The Kier molecular flexibility index (Phi) is 5.26. The van der Waals surface area contributed by atoms with E-state index in [1.165, 1.54) is 11.3 Å². The molecule has 0 unspecified atom stereocenters. The van der Waals surface area contributed by atoms with Gasteiger partial charge in [0, 0.05) is 42.9 Å². The summed E-state index contributed by atoms with van der Waals surface area (Å²) < 4.78 is 7.36. The van der Waals surface area contributed by atoms with Crippen molar-refractivity contribution in [2.75, 3.05) is 18.4 Å². The van der Waals surface area contributed by atoms with E-state index in [0.29, 0.717) is 30.4 Å². The number of hydrogen-bond donors (Lipinski definition) is 1. The minimum Gasteiger partial charge on any atom is -0.451 e. The summed E-state index contributed by atoms with van der Waals surface area (Å²) in [6.45, 7) is 3.15. The number of carbonyl (C=O) groups excluding carboxylic acids is 2. The Morgan fingerprint density at radius 2 is 1.97 bits per heavy atom. The second-order valence-electron chi connectivity index (χ2n) is 8.03. The third kappa shape index (κ3) is 3.91. The lowest BCUT2D eigenvalue weighted by molar-refractivity contribution is 0.0683. The maximum absolute atomic E-state index is 12.9. The Labute approximate surface area is 188 Å². The highest BCUT2D eigenvalue weighted by Gasteiger charge is 2.28. The fourth-order valence-corrected chi connectivity index (χ4v) is 5.03. The first-order valence-corrected chi connectivity index (χ1v) is 11.4. The molecule has 0 radical (unpaired) electrons. The van der Waals surface area contributed by atoms with Gasteiger partial charge in [-0.15, -0.1) is 11.3 Å². The molecule has 1 aliphatic heterocycles. The van der Waals surface area contributed by atoms with E-state index in [-0.39, 0.29) is 17.7 Å². The number of rotatable bonds is 4. The number of fused-ring (bicyclic) bond motifs is 1. The zero-order valence-electron chi connectivity index (χ0n) is 17.9. The molecular weight excluding hydrogens is 426 g/mol. The molecule has 164 valence electrons. The fraction of sp³-hybridized carbons (Fsp3) is 0.304. The van der Waals surface area contributed by atoms with Crippen LogP contribution in [0.25, 0.3) is 11.0 Å². The number of piperidine rings is 1. The molecule has 4 aromatic rings. The molecule has 1 aliphatic rings. The summed E-state index contributed by atoms with van der Waals surface area (Å²) in [4.78, 5) is 31.9. The standard InChI is InChI=1S/C23H23N5O3S/c1-14-11-20(27(2)26-14)25-21(29)17-13-32-22(24-17)15-7-9-28(10-8-15)23(30)19-12-16-5-3-4-6-18(16)31-19/h3-6,11-13,15H,7-10H2,1-2H3,(H,25,29). The molecule has 3 aromatic heterocycles. The van der Waals surface area contributed by atoms with Crippen LogP contribution in [0.15, 0.2) is 46.2 Å². The third-order valence-corrected chi connectivity index (χ3v) is 6.77. The molecule has 1 N–H and O–H groups in total. The molecule has 4 heterocycles. The topological polar surface area (TPSA) is 93.3 Å². The van der Waals surface area contributed by atoms with Gasteiger partial charge in [-0.3, -0.25) is 14.3 Å². The lowest BCUT2D eigenvalue weighted by Gasteiger charge is -2.30. The maximum Gasteiger partial charge on any atom is 0.289 e. The molecule has 1 fully saturated rings. The summed E-state index contributed by atoms with van der Waals surface area (Å²) in [7, 11) is 1.79.